The summed E-state index contributed by atoms with van der Waals surface area (Å²) in [7, 11) is 0. The van der Waals surface area contributed by atoms with Gasteiger partial charge in [0.2, 0.25) is 5.95 Å². The highest BCUT2D eigenvalue weighted by atomic mass is 79.9. The van der Waals surface area contributed by atoms with Crippen LogP contribution in [0.4, 0.5) is 17.5 Å². The van der Waals surface area contributed by atoms with Crippen LogP contribution in [0.2, 0.25) is 0 Å². The smallest absolute Gasteiger partial charge is 0.226 e. The number of H-pyrrole nitrogens is 1. The van der Waals surface area contributed by atoms with Gasteiger partial charge >= 0.3 is 0 Å². The number of hydrogen-bond acceptors (Lipinski definition) is 5. The summed E-state index contributed by atoms with van der Waals surface area (Å²) in [6, 6.07) is 5.88. The monoisotopic (exact) mass is 410 g/mol. The quantitative estimate of drug-likeness (QED) is 0.603. The molecule has 0 saturated heterocycles. The maximum absolute atomic E-state index is 4.49. The predicted molar refractivity (Wildman–Crippen MR) is 91.0 cm³/mol. The van der Waals surface area contributed by atoms with E-state index in [1.54, 1.807) is 6.33 Å². The molecule has 6 nitrogen and oxygen atoms in total. The van der Waals surface area contributed by atoms with Crippen molar-refractivity contribution in [3.8, 4) is 0 Å². The van der Waals surface area contributed by atoms with E-state index < -0.39 is 0 Å². The first-order chi connectivity index (χ1) is 10.2. The average molecular weight is 412 g/mol. The number of anilines is 3. The van der Waals surface area contributed by atoms with Gasteiger partial charge in [0.15, 0.2) is 11.5 Å². The molecule has 0 aliphatic rings. The van der Waals surface area contributed by atoms with E-state index in [2.05, 4.69) is 62.4 Å². The number of nitrogens with one attached hydrogen (secondary N) is 3. The summed E-state index contributed by atoms with van der Waals surface area (Å²) < 4.78 is 1.88. The van der Waals surface area contributed by atoms with Crippen LogP contribution in [0.25, 0.3) is 11.2 Å². The van der Waals surface area contributed by atoms with E-state index >= 15 is 0 Å². The van der Waals surface area contributed by atoms with Gasteiger partial charge in [0.25, 0.3) is 0 Å². The zero-order chi connectivity index (χ0) is 14.8. The molecule has 0 unspecified atom stereocenters. The Morgan fingerprint density at radius 2 is 1.95 bits per heavy atom. The molecule has 21 heavy (non-hydrogen) atoms. The van der Waals surface area contributed by atoms with Crippen LogP contribution in [0.1, 0.15) is 6.92 Å². The van der Waals surface area contributed by atoms with Crippen LogP contribution >= 0.6 is 31.9 Å². The molecule has 108 valence electrons. The largest absolute Gasteiger partial charge is 0.354 e. The van der Waals surface area contributed by atoms with Gasteiger partial charge in [-0.1, -0.05) is 6.07 Å². The fraction of sp³-hybridized carbons (Fsp3) is 0.154. The second-order valence-electron chi connectivity index (χ2n) is 4.25. The van der Waals surface area contributed by atoms with Crippen molar-refractivity contribution in [2.45, 2.75) is 6.92 Å². The van der Waals surface area contributed by atoms with Crippen molar-refractivity contribution in [1.82, 2.24) is 19.9 Å². The van der Waals surface area contributed by atoms with Crippen molar-refractivity contribution in [2.24, 2.45) is 0 Å². The normalized spacial score (nSPS) is 10.8. The van der Waals surface area contributed by atoms with Gasteiger partial charge < -0.3 is 15.6 Å². The Morgan fingerprint density at radius 3 is 2.67 bits per heavy atom. The van der Waals surface area contributed by atoms with Gasteiger partial charge in [-0.3, -0.25) is 0 Å². The molecule has 0 bridgehead atoms. The zero-order valence-corrected chi connectivity index (χ0v) is 14.3. The van der Waals surface area contributed by atoms with Crippen molar-refractivity contribution < 1.29 is 0 Å². The van der Waals surface area contributed by atoms with Crippen molar-refractivity contribution in [2.75, 3.05) is 17.2 Å². The number of hydrogen-bond donors (Lipinski definition) is 3. The molecule has 0 aliphatic carbocycles. The third-order valence-corrected chi connectivity index (χ3v) is 4.15. The van der Waals surface area contributed by atoms with Gasteiger partial charge in [0.05, 0.1) is 12.0 Å². The molecular formula is C13H12Br2N6. The molecule has 2 heterocycles. The summed E-state index contributed by atoms with van der Waals surface area (Å²) in [4.78, 5) is 16.1. The van der Waals surface area contributed by atoms with Crippen LogP contribution in [-0.4, -0.2) is 26.5 Å². The summed E-state index contributed by atoms with van der Waals surface area (Å²) in [6.45, 7) is 2.74. The molecule has 3 rings (SSSR count). The molecule has 2 aromatic heterocycles. The first kappa shape index (κ1) is 14.3. The van der Waals surface area contributed by atoms with E-state index in [1.807, 2.05) is 25.1 Å². The Labute approximate surface area is 138 Å². The Morgan fingerprint density at radius 1 is 1.19 bits per heavy atom. The van der Waals surface area contributed by atoms with Crippen LogP contribution in [0.5, 0.6) is 0 Å². The molecule has 1 aromatic carbocycles. The first-order valence-corrected chi connectivity index (χ1v) is 7.93. The number of imidazole rings is 1. The summed E-state index contributed by atoms with van der Waals surface area (Å²) in [6.07, 6.45) is 1.61. The number of benzene rings is 1. The number of aromatic amines is 1. The minimum atomic E-state index is 0.544. The number of para-hydroxylation sites is 1. The SMILES string of the molecule is CCNc1nc(Nc2c(Br)cccc2Br)c2[nH]cnc2n1. The van der Waals surface area contributed by atoms with E-state index in [4.69, 9.17) is 0 Å². The highest BCUT2D eigenvalue weighted by Crippen LogP contribution is 2.34. The second-order valence-corrected chi connectivity index (χ2v) is 5.96. The molecule has 0 spiro atoms. The minimum Gasteiger partial charge on any atom is -0.354 e. The average Bonchev–Trinajstić information content (AvgIpc) is 2.92. The Balaban J connectivity index is 2.09. The van der Waals surface area contributed by atoms with Gasteiger partial charge in [0, 0.05) is 15.5 Å². The van der Waals surface area contributed by atoms with Crippen molar-refractivity contribution in [3.63, 3.8) is 0 Å². The topological polar surface area (TPSA) is 78.5 Å². The molecule has 3 aromatic rings. The standard InChI is InChI=1S/C13H12Br2N6/c1-2-16-13-20-11-10(17-6-18-11)12(21-13)19-9-7(14)4-3-5-8(9)15/h3-6H,2H2,1H3,(H3,16,17,18,19,20,21). The van der Waals surface area contributed by atoms with Crippen molar-refractivity contribution in [1.29, 1.82) is 0 Å². The number of nitrogens with zero attached hydrogens (tertiary/aromatic N) is 3. The number of rotatable bonds is 4. The number of fused-ring (bicyclic) bond motifs is 1. The molecule has 0 fully saturated rings. The molecule has 0 amide bonds. The highest BCUT2D eigenvalue weighted by Gasteiger charge is 2.12. The molecule has 3 N–H and O–H groups in total. The highest BCUT2D eigenvalue weighted by molar-refractivity contribution is 9.11. The summed E-state index contributed by atoms with van der Waals surface area (Å²) in [5.74, 6) is 1.21. The molecule has 8 heteroatoms. The van der Waals surface area contributed by atoms with Gasteiger partial charge in [-0.25, -0.2) is 4.98 Å². The predicted octanol–water partition coefficient (Wildman–Crippen LogP) is 4.05. The lowest BCUT2D eigenvalue weighted by atomic mass is 10.3. The van der Waals surface area contributed by atoms with Gasteiger partial charge in [0.1, 0.15) is 5.52 Å². The fourth-order valence-corrected chi connectivity index (χ4v) is 3.09. The van der Waals surface area contributed by atoms with E-state index in [9.17, 15) is 0 Å². The van der Waals surface area contributed by atoms with Crippen LogP contribution in [0.3, 0.4) is 0 Å². The third-order valence-electron chi connectivity index (χ3n) is 2.83. The van der Waals surface area contributed by atoms with Crippen molar-refractivity contribution in [3.05, 3.63) is 33.5 Å². The van der Waals surface area contributed by atoms with Crippen LogP contribution in [0.15, 0.2) is 33.5 Å². The lowest BCUT2D eigenvalue weighted by Crippen LogP contribution is -2.05. The molecule has 0 aliphatic heterocycles. The van der Waals surface area contributed by atoms with Crippen molar-refractivity contribution >= 4 is 60.5 Å². The first-order valence-electron chi connectivity index (χ1n) is 6.35. The Hall–Kier alpha value is -1.67. The number of aromatic nitrogens is 4. The van der Waals surface area contributed by atoms with E-state index in [1.165, 1.54) is 0 Å². The number of halogens is 2. The zero-order valence-electron chi connectivity index (χ0n) is 11.1. The Bertz CT molecular complexity index is 765. The lowest BCUT2D eigenvalue weighted by Gasteiger charge is -2.11. The summed E-state index contributed by atoms with van der Waals surface area (Å²) in [5, 5.41) is 6.42. The Kier molecular flexibility index (Phi) is 4.07. The van der Waals surface area contributed by atoms with Crippen LogP contribution in [-0.2, 0) is 0 Å². The molecule has 0 radical (unpaired) electrons. The lowest BCUT2D eigenvalue weighted by molar-refractivity contribution is 1.10. The second kappa shape index (κ2) is 5.98. The maximum atomic E-state index is 4.49. The van der Waals surface area contributed by atoms with Crippen LogP contribution < -0.4 is 10.6 Å². The van der Waals surface area contributed by atoms with Crippen LogP contribution in [0, 0.1) is 0 Å². The fourth-order valence-electron chi connectivity index (χ4n) is 1.90. The summed E-state index contributed by atoms with van der Waals surface area (Å²) in [5.41, 5.74) is 2.28. The van der Waals surface area contributed by atoms with Gasteiger partial charge in [-0.2, -0.15) is 9.97 Å². The van der Waals surface area contributed by atoms with Gasteiger partial charge in [-0.05, 0) is 50.9 Å². The molecule has 0 atom stereocenters. The summed E-state index contributed by atoms with van der Waals surface area (Å²) >= 11 is 7.06. The van der Waals surface area contributed by atoms with E-state index in [0.717, 1.165) is 26.7 Å². The van der Waals surface area contributed by atoms with E-state index in [-0.39, 0.29) is 0 Å². The minimum absolute atomic E-state index is 0.544. The van der Waals surface area contributed by atoms with E-state index in [0.29, 0.717) is 17.4 Å². The van der Waals surface area contributed by atoms with Gasteiger partial charge in [-0.15, -0.1) is 0 Å². The third kappa shape index (κ3) is 2.86. The maximum Gasteiger partial charge on any atom is 0.226 e. The molecule has 0 saturated carbocycles. The molecular weight excluding hydrogens is 400 g/mol.